The molecule has 0 radical (unpaired) electrons. The van der Waals surface area contributed by atoms with E-state index < -0.39 is 6.10 Å². The van der Waals surface area contributed by atoms with Crippen LogP contribution in [0.25, 0.3) is 0 Å². The lowest BCUT2D eigenvalue weighted by atomic mass is 10.0. The summed E-state index contributed by atoms with van der Waals surface area (Å²) in [7, 11) is 3.98. The third kappa shape index (κ3) is 3.43. The molecule has 94 valence electrons. The van der Waals surface area contributed by atoms with Crippen LogP contribution < -0.4 is 10.6 Å². The first kappa shape index (κ1) is 13.4. The van der Waals surface area contributed by atoms with Crippen molar-refractivity contribution in [2.24, 2.45) is 0 Å². The molecule has 2 atom stereocenters. The molecular formula is C11H23N3O2. The summed E-state index contributed by atoms with van der Waals surface area (Å²) in [4.78, 5) is 13.8. The summed E-state index contributed by atoms with van der Waals surface area (Å²) < 4.78 is 0. The van der Waals surface area contributed by atoms with Crippen LogP contribution >= 0.6 is 0 Å². The van der Waals surface area contributed by atoms with Crippen LogP contribution in [0.3, 0.4) is 0 Å². The van der Waals surface area contributed by atoms with E-state index in [-0.39, 0.29) is 17.5 Å². The van der Waals surface area contributed by atoms with Gasteiger partial charge < -0.3 is 20.6 Å². The van der Waals surface area contributed by atoms with Crippen molar-refractivity contribution < 1.29 is 9.90 Å². The van der Waals surface area contributed by atoms with E-state index in [2.05, 4.69) is 29.4 Å². The number of nitrogens with one attached hydrogen (secondary N) is 2. The van der Waals surface area contributed by atoms with E-state index in [0.717, 1.165) is 0 Å². The molecule has 1 aliphatic heterocycles. The number of rotatable bonds is 4. The van der Waals surface area contributed by atoms with E-state index in [4.69, 9.17) is 0 Å². The zero-order chi connectivity index (χ0) is 12.3. The molecule has 0 bridgehead atoms. The molecule has 1 heterocycles. The molecule has 1 rings (SSSR count). The van der Waals surface area contributed by atoms with Crippen molar-refractivity contribution in [1.82, 2.24) is 15.5 Å². The summed E-state index contributed by atoms with van der Waals surface area (Å²) in [6.07, 6.45) is 0.117. The van der Waals surface area contributed by atoms with E-state index >= 15 is 0 Å². The number of nitrogens with zero attached hydrogens (tertiary/aromatic N) is 1. The van der Waals surface area contributed by atoms with Gasteiger partial charge in [0.25, 0.3) is 0 Å². The Hall–Kier alpha value is -0.650. The molecule has 0 spiro atoms. The van der Waals surface area contributed by atoms with Gasteiger partial charge >= 0.3 is 0 Å². The molecule has 16 heavy (non-hydrogen) atoms. The monoisotopic (exact) mass is 229 g/mol. The highest BCUT2D eigenvalue weighted by Gasteiger charge is 2.29. The molecule has 0 aliphatic carbocycles. The molecule has 1 aliphatic rings. The third-order valence-corrected chi connectivity index (χ3v) is 3.33. The Balaban J connectivity index is 2.35. The molecule has 1 fully saturated rings. The molecular weight excluding hydrogens is 206 g/mol. The van der Waals surface area contributed by atoms with Gasteiger partial charge in [-0.25, -0.2) is 0 Å². The summed E-state index contributed by atoms with van der Waals surface area (Å²) in [5, 5.41) is 15.2. The topological polar surface area (TPSA) is 64.6 Å². The fraction of sp³-hybridized carbons (Fsp3) is 0.909. The molecule has 0 saturated carbocycles. The van der Waals surface area contributed by atoms with E-state index in [1.807, 2.05) is 14.1 Å². The lowest BCUT2D eigenvalue weighted by Crippen LogP contribution is -2.51. The standard InChI is InChI=1S/C11H23N3O2/c1-11(2,14(3)4)7-13-10(16)9-5-8(15)6-12-9/h8-9,12,15H,5-7H2,1-4H3,(H,13,16). The van der Waals surface area contributed by atoms with Gasteiger partial charge in [-0.15, -0.1) is 0 Å². The fourth-order valence-corrected chi connectivity index (χ4v) is 1.50. The van der Waals surface area contributed by atoms with Crippen molar-refractivity contribution in [2.45, 2.75) is 38.0 Å². The van der Waals surface area contributed by atoms with Crippen LogP contribution in [-0.4, -0.2) is 60.8 Å². The summed E-state index contributed by atoms with van der Waals surface area (Å²) in [6, 6.07) is -0.243. The molecule has 5 nitrogen and oxygen atoms in total. The zero-order valence-corrected chi connectivity index (χ0v) is 10.6. The highest BCUT2D eigenvalue weighted by Crippen LogP contribution is 2.09. The number of aliphatic hydroxyl groups excluding tert-OH is 1. The molecule has 1 saturated heterocycles. The Morgan fingerprint density at radius 1 is 1.56 bits per heavy atom. The van der Waals surface area contributed by atoms with E-state index in [1.54, 1.807) is 0 Å². The third-order valence-electron chi connectivity index (χ3n) is 3.33. The zero-order valence-electron chi connectivity index (χ0n) is 10.6. The summed E-state index contributed by atoms with van der Waals surface area (Å²) in [5.41, 5.74) is -0.0626. The van der Waals surface area contributed by atoms with Gasteiger partial charge in [0.2, 0.25) is 5.91 Å². The summed E-state index contributed by atoms with van der Waals surface area (Å²) in [6.45, 7) is 5.26. The average Bonchev–Trinajstić information content (AvgIpc) is 2.61. The second-order valence-corrected chi connectivity index (χ2v) is 5.28. The Bertz CT molecular complexity index is 254. The second kappa shape index (κ2) is 5.12. The maximum Gasteiger partial charge on any atom is 0.237 e. The van der Waals surface area contributed by atoms with Crippen LogP contribution in [-0.2, 0) is 4.79 Å². The summed E-state index contributed by atoms with van der Waals surface area (Å²) in [5.74, 6) is -0.0218. The minimum Gasteiger partial charge on any atom is -0.392 e. The van der Waals surface area contributed by atoms with Gasteiger partial charge in [0.05, 0.1) is 12.1 Å². The minimum atomic E-state index is -0.391. The maximum atomic E-state index is 11.8. The number of hydrogen-bond donors (Lipinski definition) is 3. The second-order valence-electron chi connectivity index (χ2n) is 5.28. The first-order valence-electron chi connectivity index (χ1n) is 5.69. The van der Waals surface area contributed by atoms with Gasteiger partial charge in [-0.3, -0.25) is 4.79 Å². The highest BCUT2D eigenvalue weighted by atomic mass is 16.3. The minimum absolute atomic E-state index is 0.0218. The van der Waals surface area contributed by atoms with Crippen LogP contribution in [0, 0.1) is 0 Å². The number of amides is 1. The SMILES string of the molecule is CN(C)C(C)(C)CNC(=O)C1CC(O)CN1. The molecule has 0 aromatic heterocycles. The predicted octanol–water partition coefficient (Wildman–Crippen LogP) is -0.834. The van der Waals surface area contributed by atoms with Crippen molar-refractivity contribution in [2.75, 3.05) is 27.2 Å². The molecule has 3 N–H and O–H groups in total. The molecule has 0 aromatic carbocycles. The largest absolute Gasteiger partial charge is 0.392 e. The van der Waals surface area contributed by atoms with Crippen molar-refractivity contribution in [3.8, 4) is 0 Å². The predicted molar refractivity (Wildman–Crippen MR) is 63.2 cm³/mol. The number of β-amino-alcohol motifs (C(OH)–C–C–N with tert-alkyl or cyclic N) is 1. The van der Waals surface area contributed by atoms with Crippen molar-refractivity contribution in [1.29, 1.82) is 0 Å². The number of aliphatic hydroxyl groups is 1. The lowest BCUT2D eigenvalue weighted by molar-refractivity contribution is -0.123. The quantitative estimate of drug-likeness (QED) is 0.588. The molecule has 2 unspecified atom stereocenters. The molecule has 5 heteroatoms. The fourth-order valence-electron chi connectivity index (χ4n) is 1.50. The lowest BCUT2D eigenvalue weighted by Gasteiger charge is -2.33. The number of carbonyl (C=O) groups is 1. The highest BCUT2D eigenvalue weighted by molar-refractivity contribution is 5.82. The van der Waals surface area contributed by atoms with Crippen LogP contribution in [0.1, 0.15) is 20.3 Å². The molecule has 1 amide bonds. The number of hydrogen-bond acceptors (Lipinski definition) is 4. The van der Waals surface area contributed by atoms with Gasteiger partial charge in [-0.2, -0.15) is 0 Å². The molecule has 0 aromatic rings. The van der Waals surface area contributed by atoms with Gasteiger partial charge in [-0.1, -0.05) is 0 Å². The Morgan fingerprint density at radius 2 is 2.19 bits per heavy atom. The van der Waals surface area contributed by atoms with Crippen LogP contribution in [0.5, 0.6) is 0 Å². The number of carbonyl (C=O) groups excluding carboxylic acids is 1. The number of likely N-dealkylation sites (N-methyl/N-ethyl adjacent to an activating group) is 1. The Kier molecular flexibility index (Phi) is 4.29. The van der Waals surface area contributed by atoms with Crippen molar-refractivity contribution in [3.63, 3.8) is 0 Å². The normalized spacial score (nSPS) is 26.1. The van der Waals surface area contributed by atoms with Crippen molar-refractivity contribution >= 4 is 5.91 Å². The summed E-state index contributed by atoms with van der Waals surface area (Å²) >= 11 is 0. The van der Waals surface area contributed by atoms with Crippen LogP contribution in [0.2, 0.25) is 0 Å². The van der Waals surface area contributed by atoms with Crippen LogP contribution in [0.15, 0.2) is 0 Å². The van der Waals surface area contributed by atoms with Gasteiger partial charge in [0, 0.05) is 18.6 Å². The van der Waals surface area contributed by atoms with Crippen LogP contribution in [0.4, 0.5) is 0 Å². The first-order chi connectivity index (χ1) is 7.33. The van der Waals surface area contributed by atoms with E-state index in [0.29, 0.717) is 19.5 Å². The van der Waals surface area contributed by atoms with Crippen molar-refractivity contribution in [3.05, 3.63) is 0 Å². The average molecular weight is 229 g/mol. The van der Waals surface area contributed by atoms with E-state index in [1.165, 1.54) is 0 Å². The van der Waals surface area contributed by atoms with Gasteiger partial charge in [0.15, 0.2) is 0 Å². The first-order valence-corrected chi connectivity index (χ1v) is 5.69. The van der Waals surface area contributed by atoms with Gasteiger partial charge in [0.1, 0.15) is 0 Å². The van der Waals surface area contributed by atoms with Gasteiger partial charge in [-0.05, 0) is 34.4 Å². The Labute approximate surface area is 97.2 Å². The Morgan fingerprint density at radius 3 is 2.62 bits per heavy atom. The maximum absolute atomic E-state index is 11.8. The smallest absolute Gasteiger partial charge is 0.237 e. The van der Waals surface area contributed by atoms with E-state index in [9.17, 15) is 9.90 Å².